The van der Waals surface area contributed by atoms with Crippen LogP contribution in [-0.2, 0) is 9.59 Å². The van der Waals surface area contributed by atoms with E-state index in [1.54, 1.807) is 7.05 Å². The van der Waals surface area contributed by atoms with Crippen molar-refractivity contribution in [2.45, 2.75) is 39.2 Å². The zero-order valence-electron chi connectivity index (χ0n) is 12.4. The Hall–Kier alpha value is -1.59. The van der Waals surface area contributed by atoms with Crippen LogP contribution in [0.3, 0.4) is 0 Å². The average Bonchev–Trinajstić information content (AvgIpc) is 2.62. The SMILES string of the molecule is CC1CCCC(NC(=O)CN2C(=O)CN(C)C2=O)C1C. The Morgan fingerprint density at radius 2 is 2.00 bits per heavy atom. The van der Waals surface area contributed by atoms with Gasteiger partial charge in [0, 0.05) is 13.1 Å². The number of nitrogens with zero attached hydrogens (tertiary/aromatic N) is 2. The molecule has 1 aliphatic heterocycles. The third-order valence-corrected chi connectivity index (χ3v) is 4.59. The summed E-state index contributed by atoms with van der Waals surface area (Å²) in [6.07, 6.45) is 3.28. The maximum Gasteiger partial charge on any atom is 0.327 e. The third kappa shape index (κ3) is 2.94. The van der Waals surface area contributed by atoms with Crippen LogP contribution in [0, 0.1) is 11.8 Å². The molecule has 1 aliphatic carbocycles. The van der Waals surface area contributed by atoms with E-state index in [0.717, 1.165) is 17.7 Å². The third-order valence-electron chi connectivity index (χ3n) is 4.59. The summed E-state index contributed by atoms with van der Waals surface area (Å²) in [5, 5.41) is 2.98. The van der Waals surface area contributed by atoms with Crippen molar-refractivity contribution in [1.29, 1.82) is 0 Å². The maximum atomic E-state index is 12.0. The number of urea groups is 1. The van der Waals surface area contributed by atoms with Crippen LogP contribution in [0.5, 0.6) is 0 Å². The predicted molar refractivity (Wildman–Crippen MR) is 73.8 cm³/mol. The zero-order chi connectivity index (χ0) is 14.9. The molecule has 0 radical (unpaired) electrons. The molecule has 20 heavy (non-hydrogen) atoms. The van der Waals surface area contributed by atoms with Gasteiger partial charge in [0.15, 0.2) is 0 Å². The topological polar surface area (TPSA) is 69.7 Å². The van der Waals surface area contributed by atoms with Gasteiger partial charge in [0.1, 0.15) is 13.1 Å². The van der Waals surface area contributed by atoms with Crippen LogP contribution < -0.4 is 5.32 Å². The minimum atomic E-state index is -0.393. The number of hydrogen-bond acceptors (Lipinski definition) is 3. The van der Waals surface area contributed by atoms with E-state index in [1.807, 2.05) is 0 Å². The lowest BCUT2D eigenvalue weighted by Crippen LogP contribution is -2.48. The summed E-state index contributed by atoms with van der Waals surface area (Å²) in [4.78, 5) is 37.7. The Labute approximate surface area is 119 Å². The van der Waals surface area contributed by atoms with Gasteiger partial charge in [-0.25, -0.2) is 4.79 Å². The molecule has 2 fully saturated rings. The lowest BCUT2D eigenvalue weighted by atomic mass is 9.78. The van der Waals surface area contributed by atoms with Crippen molar-refractivity contribution < 1.29 is 14.4 Å². The van der Waals surface area contributed by atoms with Crippen LogP contribution in [0.25, 0.3) is 0 Å². The highest BCUT2D eigenvalue weighted by Crippen LogP contribution is 2.29. The van der Waals surface area contributed by atoms with Gasteiger partial charge in [-0.1, -0.05) is 26.7 Å². The minimum absolute atomic E-state index is 0.0585. The molecule has 0 aromatic carbocycles. The van der Waals surface area contributed by atoms with Crippen LogP contribution in [0.15, 0.2) is 0 Å². The minimum Gasteiger partial charge on any atom is -0.352 e. The normalized spacial score (nSPS) is 30.9. The number of hydrogen-bond donors (Lipinski definition) is 1. The number of carbonyl (C=O) groups is 3. The van der Waals surface area contributed by atoms with Gasteiger partial charge >= 0.3 is 6.03 Å². The Bertz CT molecular complexity index is 424. The van der Waals surface area contributed by atoms with Gasteiger partial charge in [-0.15, -0.1) is 0 Å². The van der Waals surface area contributed by atoms with Crippen LogP contribution in [0.1, 0.15) is 33.1 Å². The van der Waals surface area contributed by atoms with Crippen molar-refractivity contribution in [3.8, 4) is 0 Å². The molecule has 1 heterocycles. The first-order chi connectivity index (χ1) is 9.40. The first-order valence-corrected chi connectivity index (χ1v) is 7.25. The molecule has 3 unspecified atom stereocenters. The second-order valence-corrected chi connectivity index (χ2v) is 6.06. The highest BCUT2D eigenvalue weighted by Gasteiger charge is 2.35. The van der Waals surface area contributed by atoms with E-state index in [1.165, 1.54) is 11.3 Å². The Morgan fingerprint density at radius 3 is 2.60 bits per heavy atom. The standard InChI is InChI=1S/C14H23N3O3/c1-9-5-4-6-11(10(9)2)15-12(18)7-17-13(19)8-16(3)14(17)20/h9-11H,4-8H2,1-3H3,(H,15,18). The second kappa shape index (κ2) is 5.81. The summed E-state index contributed by atoms with van der Waals surface area (Å²) >= 11 is 0. The summed E-state index contributed by atoms with van der Waals surface area (Å²) in [7, 11) is 1.56. The predicted octanol–water partition coefficient (Wildman–Crippen LogP) is 0.821. The summed E-state index contributed by atoms with van der Waals surface area (Å²) in [5.41, 5.74) is 0. The van der Waals surface area contributed by atoms with Crippen LogP contribution in [-0.4, -0.2) is 53.8 Å². The van der Waals surface area contributed by atoms with E-state index >= 15 is 0 Å². The van der Waals surface area contributed by atoms with Crippen LogP contribution in [0.2, 0.25) is 0 Å². The van der Waals surface area contributed by atoms with Crippen molar-refractivity contribution in [2.24, 2.45) is 11.8 Å². The van der Waals surface area contributed by atoms with Gasteiger partial charge in [-0.2, -0.15) is 0 Å². The summed E-state index contributed by atoms with van der Waals surface area (Å²) in [5.74, 6) is 0.473. The number of nitrogens with one attached hydrogen (secondary N) is 1. The molecular weight excluding hydrogens is 258 g/mol. The van der Waals surface area contributed by atoms with Crippen LogP contribution >= 0.6 is 0 Å². The van der Waals surface area contributed by atoms with Gasteiger partial charge < -0.3 is 10.2 Å². The first kappa shape index (κ1) is 14.8. The summed E-state index contributed by atoms with van der Waals surface area (Å²) in [6, 6.07) is -0.244. The lowest BCUT2D eigenvalue weighted by molar-refractivity contribution is -0.131. The lowest BCUT2D eigenvalue weighted by Gasteiger charge is -2.34. The molecule has 3 atom stereocenters. The van der Waals surface area contributed by atoms with E-state index in [2.05, 4.69) is 19.2 Å². The number of likely N-dealkylation sites (N-methyl/N-ethyl adjacent to an activating group) is 1. The van der Waals surface area contributed by atoms with E-state index in [-0.39, 0.29) is 30.9 Å². The van der Waals surface area contributed by atoms with Crippen molar-refractivity contribution in [2.75, 3.05) is 20.1 Å². The first-order valence-electron chi connectivity index (χ1n) is 7.25. The van der Waals surface area contributed by atoms with E-state index in [0.29, 0.717) is 11.8 Å². The molecule has 6 heteroatoms. The van der Waals surface area contributed by atoms with Crippen molar-refractivity contribution in [3.05, 3.63) is 0 Å². The average molecular weight is 281 g/mol. The second-order valence-electron chi connectivity index (χ2n) is 6.06. The molecule has 6 nitrogen and oxygen atoms in total. The maximum absolute atomic E-state index is 12.0. The Kier molecular flexibility index (Phi) is 4.30. The Balaban J connectivity index is 1.89. The summed E-state index contributed by atoms with van der Waals surface area (Å²) < 4.78 is 0. The monoisotopic (exact) mass is 281 g/mol. The molecule has 1 saturated heterocycles. The molecular formula is C14H23N3O3. The van der Waals surface area contributed by atoms with E-state index < -0.39 is 6.03 Å². The molecule has 1 N–H and O–H groups in total. The number of carbonyl (C=O) groups excluding carboxylic acids is 3. The molecule has 2 rings (SSSR count). The van der Waals surface area contributed by atoms with Crippen LogP contribution in [0.4, 0.5) is 4.79 Å². The fourth-order valence-electron chi connectivity index (χ4n) is 3.01. The van der Waals surface area contributed by atoms with E-state index in [4.69, 9.17) is 0 Å². The largest absolute Gasteiger partial charge is 0.352 e. The highest BCUT2D eigenvalue weighted by molar-refractivity contribution is 6.04. The molecule has 1 saturated carbocycles. The van der Waals surface area contributed by atoms with Crippen molar-refractivity contribution in [1.82, 2.24) is 15.1 Å². The van der Waals surface area contributed by atoms with Gasteiger partial charge in [-0.05, 0) is 18.3 Å². The molecule has 0 aromatic heterocycles. The van der Waals surface area contributed by atoms with Crippen molar-refractivity contribution in [3.63, 3.8) is 0 Å². The highest BCUT2D eigenvalue weighted by atomic mass is 16.2. The molecule has 4 amide bonds. The number of imide groups is 1. The van der Waals surface area contributed by atoms with Gasteiger partial charge in [0.2, 0.25) is 5.91 Å². The molecule has 0 bridgehead atoms. The smallest absolute Gasteiger partial charge is 0.327 e. The Morgan fingerprint density at radius 1 is 1.30 bits per heavy atom. The molecule has 0 spiro atoms. The van der Waals surface area contributed by atoms with E-state index in [9.17, 15) is 14.4 Å². The van der Waals surface area contributed by atoms with Crippen molar-refractivity contribution >= 4 is 17.8 Å². The quantitative estimate of drug-likeness (QED) is 0.779. The van der Waals surface area contributed by atoms with Gasteiger partial charge in [0.05, 0.1) is 0 Å². The zero-order valence-corrected chi connectivity index (χ0v) is 12.4. The number of amides is 4. The van der Waals surface area contributed by atoms with Gasteiger partial charge in [-0.3, -0.25) is 14.5 Å². The molecule has 0 aromatic rings. The van der Waals surface area contributed by atoms with Gasteiger partial charge in [0.25, 0.3) is 5.91 Å². The fraction of sp³-hybridized carbons (Fsp3) is 0.786. The number of rotatable bonds is 3. The summed E-state index contributed by atoms with van der Waals surface area (Å²) in [6.45, 7) is 4.24. The fourth-order valence-corrected chi connectivity index (χ4v) is 3.01. The molecule has 112 valence electrons. The molecule has 2 aliphatic rings.